The summed E-state index contributed by atoms with van der Waals surface area (Å²) in [6.07, 6.45) is -0.165. The van der Waals surface area contributed by atoms with Crippen LogP contribution < -0.4 is 25.3 Å². The number of fused-ring (bicyclic) bond motifs is 1. The third kappa shape index (κ3) is 5.51. The number of aliphatic hydroxyl groups is 1. The Balaban J connectivity index is 1.41. The van der Waals surface area contributed by atoms with Gasteiger partial charge in [0.05, 0.1) is 4.92 Å². The second-order valence-electron chi connectivity index (χ2n) is 7.67. The highest BCUT2D eigenvalue weighted by Gasteiger charge is 2.20. The molecule has 4 rings (SSSR count). The highest BCUT2D eigenvalue weighted by atomic mass is 16.7. The molecule has 172 valence electrons. The number of nitro benzene ring substituents is 1. The lowest BCUT2D eigenvalue weighted by atomic mass is 9.98. The number of ether oxygens (including phenoxy) is 3. The summed E-state index contributed by atoms with van der Waals surface area (Å²) in [5.41, 5.74) is 7.66. The van der Waals surface area contributed by atoms with Crippen molar-refractivity contribution in [1.29, 1.82) is 0 Å². The molecule has 0 aromatic heterocycles. The average molecular weight is 451 g/mol. The van der Waals surface area contributed by atoms with Gasteiger partial charge in [0.15, 0.2) is 17.2 Å². The predicted octanol–water partition coefficient (Wildman–Crippen LogP) is 3.22. The van der Waals surface area contributed by atoms with Crippen LogP contribution in [0.1, 0.15) is 17.2 Å². The second-order valence-corrected chi connectivity index (χ2v) is 7.67. The predicted molar refractivity (Wildman–Crippen MR) is 122 cm³/mol. The maximum Gasteiger partial charge on any atom is 0.295 e. The molecule has 0 saturated heterocycles. The normalized spacial score (nSPS) is 14.0. The lowest BCUT2D eigenvalue weighted by Gasteiger charge is -2.22. The molecule has 4 N–H and O–H groups in total. The number of rotatable bonds is 10. The SMILES string of the molecule is Nc1c(OC[C@@H](O)CN[C@H](Cc2ccccc2)c2ccc3c(c2)OCO3)cccc1[N+](=O)[O-]. The van der Waals surface area contributed by atoms with Gasteiger partial charge in [0.25, 0.3) is 5.69 Å². The highest BCUT2D eigenvalue weighted by Crippen LogP contribution is 2.35. The van der Waals surface area contributed by atoms with E-state index in [2.05, 4.69) is 5.32 Å². The van der Waals surface area contributed by atoms with Gasteiger partial charge < -0.3 is 30.4 Å². The summed E-state index contributed by atoms with van der Waals surface area (Å²) in [6, 6.07) is 20.1. The molecule has 0 spiro atoms. The Kier molecular flexibility index (Phi) is 6.92. The number of nitro groups is 1. The van der Waals surface area contributed by atoms with Gasteiger partial charge in [-0.3, -0.25) is 10.1 Å². The van der Waals surface area contributed by atoms with Gasteiger partial charge >= 0.3 is 0 Å². The van der Waals surface area contributed by atoms with Gasteiger partial charge in [-0.25, -0.2) is 0 Å². The van der Waals surface area contributed by atoms with Crippen molar-refractivity contribution in [3.8, 4) is 17.2 Å². The van der Waals surface area contributed by atoms with Crippen molar-refractivity contribution in [3.63, 3.8) is 0 Å². The van der Waals surface area contributed by atoms with Crippen LogP contribution in [-0.2, 0) is 6.42 Å². The lowest BCUT2D eigenvalue weighted by molar-refractivity contribution is -0.384. The van der Waals surface area contributed by atoms with Crippen LogP contribution in [0, 0.1) is 10.1 Å². The molecule has 2 atom stereocenters. The number of nitrogens with zero attached hydrogens (tertiary/aromatic N) is 1. The lowest BCUT2D eigenvalue weighted by Crippen LogP contribution is -2.34. The molecule has 0 aliphatic carbocycles. The fourth-order valence-electron chi connectivity index (χ4n) is 3.63. The van der Waals surface area contributed by atoms with Crippen molar-refractivity contribution >= 4 is 11.4 Å². The van der Waals surface area contributed by atoms with Crippen LogP contribution in [0.3, 0.4) is 0 Å². The van der Waals surface area contributed by atoms with Crippen molar-refractivity contribution in [3.05, 3.63) is 88.0 Å². The Morgan fingerprint density at radius 3 is 2.67 bits per heavy atom. The Hall–Kier alpha value is -3.82. The summed E-state index contributed by atoms with van der Waals surface area (Å²) in [7, 11) is 0. The number of aliphatic hydroxyl groups excluding tert-OH is 1. The van der Waals surface area contributed by atoms with Crippen molar-refractivity contribution in [1.82, 2.24) is 5.32 Å². The van der Waals surface area contributed by atoms with Crippen molar-refractivity contribution in [2.75, 3.05) is 25.7 Å². The number of nitrogens with one attached hydrogen (secondary N) is 1. The molecular weight excluding hydrogens is 426 g/mol. The molecule has 1 aliphatic heterocycles. The maximum absolute atomic E-state index is 11.0. The minimum absolute atomic E-state index is 0.0648. The molecule has 1 heterocycles. The first-order valence-electron chi connectivity index (χ1n) is 10.5. The molecule has 33 heavy (non-hydrogen) atoms. The minimum atomic E-state index is -0.865. The largest absolute Gasteiger partial charge is 0.488 e. The number of hydrogen-bond acceptors (Lipinski definition) is 8. The molecule has 0 amide bonds. The van der Waals surface area contributed by atoms with Crippen LogP contribution in [0.25, 0.3) is 0 Å². The first-order valence-corrected chi connectivity index (χ1v) is 10.5. The van der Waals surface area contributed by atoms with Gasteiger partial charge in [0.1, 0.15) is 18.5 Å². The monoisotopic (exact) mass is 451 g/mol. The second kappa shape index (κ2) is 10.2. The van der Waals surface area contributed by atoms with Crippen molar-refractivity contribution in [2.45, 2.75) is 18.6 Å². The number of nitrogens with two attached hydrogens (primary N) is 1. The van der Waals surface area contributed by atoms with Crippen LogP contribution in [0.5, 0.6) is 17.2 Å². The Morgan fingerprint density at radius 1 is 1.09 bits per heavy atom. The zero-order valence-electron chi connectivity index (χ0n) is 17.8. The maximum atomic E-state index is 11.0. The van der Waals surface area contributed by atoms with Crippen LogP contribution in [0.15, 0.2) is 66.7 Å². The van der Waals surface area contributed by atoms with Crippen LogP contribution in [0.4, 0.5) is 11.4 Å². The summed E-state index contributed by atoms with van der Waals surface area (Å²) in [5, 5.41) is 24.9. The number of benzene rings is 3. The molecule has 1 aliphatic rings. The average Bonchev–Trinajstić information content (AvgIpc) is 3.29. The van der Waals surface area contributed by atoms with E-state index in [9.17, 15) is 15.2 Å². The molecule has 9 nitrogen and oxygen atoms in total. The zero-order chi connectivity index (χ0) is 23.2. The van der Waals surface area contributed by atoms with Crippen molar-refractivity contribution in [2.24, 2.45) is 0 Å². The smallest absolute Gasteiger partial charge is 0.295 e. The fourth-order valence-corrected chi connectivity index (χ4v) is 3.63. The quantitative estimate of drug-likeness (QED) is 0.243. The molecule has 3 aromatic rings. The highest BCUT2D eigenvalue weighted by molar-refractivity contribution is 5.66. The number of hydrogen-bond donors (Lipinski definition) is 3. The molecule has 0 fully saturated rings. The fraction of sp³-hybridized carbons (Fsp3) is 0.250. The summed E-state index contributed by atoms with van der Waals surface area (Å²) in [5.74, 6) is 1.57. The molecule has 3 aromatic carbocycles. The number of nitrogen functional groups attached to an aromatic ring is 1. The Labute approximate surface area is 190 Å². The van der Waals surface area contributed by atoms with E-state index < -0.39 is 11.0 Å². The molecule has 0 radical (unpaired) electrons. The van der Waals surface area contributed by atoms with Crippen molar-refractivity contribution < 1.29 is 24.2 Å². The summed E-state index contributed by atoms with van der Waals surface area (Å²) >= 11 is 0. The topological polar surface area (TPSA) is 129 Å². The van der Waals surface area contributed by atoms with E-state index >= 15 is 0 Å². The Bertz CT molecular complexity index is 1110. The van der Waals surface area contributed by atoms with E-state index in [0.717, 1.165) is 11.1 Å². The van der Waals surface area contributed by atoms with Crippen LogP contribution >= 0.6 is 0 Å². The summed E-state index contributed by atoms with van der Waals surface area (Å²) in [6.45, 7) is 0.366. The van der Waals surface area contributed by atoms with E-state index in [4.69, 9.17) is 19.9 Å². The minimum Gasteiger partial charge on any atom is -0.488 e. The number of anilines is 1. The molecule has 9 heteroatoms. The van der Waals surface area contributed by atoms with E-state index in [-0.39, 0.29) is 43.1 Å². The van der Waals surface area contributed by atoms with Gasteiger partial charge in [0, 0.05) is 18.7 Å². The van der Waals surface area contributed by atoms with Crippen LogP contribution in [0.2, 0.25) is 0 Å². The van der Waals surface area contributed by atoms with E-state index in [1.165, 1.54) is 18.2 Å². The van der Waals surface area contributed by atoms with Gasteiger partial charge in [-0.2, -0.15) is 0 Å². The van der Waals surface area contributed by atoms with Gasteiger partial charge in [0.2, 0.25) is 6.79 Å². The summed E-state index contributed by atoms with van der Waals surface area (Å²) < 4.78 is 16.5. The summed E-state index contributed by atoms with van der Waals surface area (Å²) in [4.78, 5) is 10.5. The van der Waals surface area contributed by atoms with E-state index in [1.54, 1.807) is 0 Å². The third-order valence-corrected chi connectivity index (χ3v) is 5.35. The van der Waals surface area contributed by atoms with Gasteiger partial charge in [-0.05, 0) is 35.7 Å². The molecule has 0 unspecified atom stereocenters. The molecule has 0 bridgehead atoms. The van der Waals surface area contributed by atoms with Gasteiger partial charge in [-0.1, -0.05) is 42.5 Å². The van der Waals surface area contributed by atoms with E-state index in [0.29, 0.717) is 17.9 Å². The van der Waals surface area contributed by atoms with E-state index in [1.807, 2.05) is 48.5 Å². The number of para-hydroxylation sites is 1. The first kappa shape index (κ1) is 22.4. The Morgan fingerprint density at radius 2 is 1.88 bits per heavy atom. The third-order valence-electron chi connectivity index (χ3n) is 5.35. The van der Waals surface area contributed by atoms with Gasteiger partial charge in [-0.15, -0.1) is 0 Å². The molecular formula is C24H25N3O6. The zero-order valence-corrected chi connectivity index (χ0v) is 17.8. The first-order chi connectivity index (χ1) is 16.0. The van der Waals surface area contributed by atoms with Crippen LogP contribution in [-0.4, -0.2) is 36.1 Å². The standard InChI is InChI=1S/C24H25N3O6/c25-24-20(27(29)30)7-4-8-22(24)31-14-18(28)13-26-19(11-16-5-2-1-3-6-16)17-9-10-21-23(12-17)33-15-32-21/h1-10,12,18-19,26,28H,11,13-15,25H2/t18-,19+/m0/s1. The molecule has 0 saturated carbocycles.